The summed E-state index contributed by atoms with van der Waals surface area (Å²) in [5, 5.41) is 13.6. The molecule has 0 radical (unpaired) electrons. The summed E-state index contributed by atoms with van der Waals surface area (Å²) in [6, 6.07) is 9.01. The number of aromatic nitrogens is 2. The van der Waals surface area contributed by atoms with E-state index in [1.54, 1.807) is 25.2 Å². The molecule has 8 heteroatoms. The van der Waals surface area contributed by atoms with E-state index in [2.05, 4.69) is 5.32 Å². The summed E-state index contributed by atoms with van der Waals surface area (Å²) in [7, 11) is 1.66. The number of likely N-dealkylation sites (N-methyl/N-ethyl adjacent to an activating group) is 1. The van der Waals surface area contributed by atoms with Crippen LogP contribution < -0.4 is 11.0 Å². The van der Waals surface area contributed by atoms with Crippen molar-refractivity contribution in [2.24, 2.45) is 0 Å². The van der Waals surface area contributed by atoms with Crippen LogP contribution in [0.5, 0.6) is 0 Å². The fraction of sp³-hybridized carbons (Fsp3) is 0.350. The van der Waals surface area contributed by atoms with Gasteiger partial charge in [-0.2, -0.15) is 0 Å². The number of fused-ring (bicyclic) bond motifs is 1. The van der Waals surface area contributed by atoms with Gasteiger partial charge < -0.3 is 10.4 Å². The van der Waals surface area contributed by atoms with E-state index in [9.17, 15) is 18.7 Å². The van der Waals surface area contributed by atoms with Crippen molar-refractivity contribution in [2.75, 3.05) is 13.6 Å². The van der Waals surface area contributed by atoms with Crippen LogP contribution in [0.4, 0.5) is 8.78 Å². The van der Waals surface area contributed by atoms with Crippen LogP contribution >= 0.6 is 12.4 Å². The van der Waals surface area contributed by atoms with E-state index in [0.29, 0.717) is 11.1 Å². The summed E-state index contributed by atoms with van der Waals surface area (Å²) in [4.78, 5) is 13.2. The van der Waals surface area contributed by atoms with E-state index in [0.717, 1.165) is 0 Å². The van der Waals surface area contributed by atoms with Gasteiger partial charge in [0.15, 0.2) is 0 Å². The maximum absolute atomic E-state index is 14.8. The van der Waals surface area contributed by atoms with Crippen molar-refractivity contribution < 1.29 is 13.9 Å². The zero-order valence-electron chi connectivity index (χ0n) is 15.9. The number of nitrogens with zero attached hydrogens (tertiary/aromatic N) is 2. The second-order valence-corrected chi connectivity index (χ2v) is 6.85. The van der Waals surface area contributed by atoms with Crippen LogP contribution in [0.3, 0.4) is 0 Å². The van der Waals surface area contributed by atoms with Crippen molar-refractivity contribution >= 4 is 23.4 Å². The Kier molecular flexibility index (Phi) is 6.98. The molecule has 3 aromatic rings. The van der Waals surface area contributed by atoms with E-state index in [-0.39, 0.29) is 30.5 Å². The normalized spacial score (nSPS) is 13.5. The number of nitrogens with one attached hydrogen (secondary N) is 1. The second kappa shape index (κ2) is 8.86. The highest BCUT2D eigenvalue weighted by Crippen LogP contribution is 2.29. The number of benzene rings is 2. The molecule has 0 aliphatic rings. The Hall–Kier alpha value is -2.22. The van der Waals surface area contributed by atoms with Crippen LogP contribution in [0.2, 0.25) is 0 Å². The average molecular weight is 412 g/mol. The van der Waals surface area contributed by atoms with Crippen LogP contribution in [0.1, 0.15) is 31.5 Å². The Morgan fingerprint density at radius 3 is 2.39 bits per heavy atom. The van der Waals surface area contributed by atoms with Crippen molar-refractivity contribution in [3.8, 4) is 0 Å². The minimum absolute atomic E-state index is 0. The van der Waals surface area contributed by atoms with Gasteiger partial charge in [-0.15, -0.1) is 12.4 Å². The molecular weight excluding hydrogens is 388 g/mol. The summed E-state index contributed by atoms with van der Waals surface area (Å²) < 4.78 is 31.3. The molecule has 2 aromatic carbocycles. The Balaban J connectivity index is 0.00000280. The van der Waals surface area contributed by atoms with Crippen LogP contribution in [-0.2, 0) is 0 Å². The number of hydrogen-bond acceptors (Lipinski definition) is 3. The molecule has 3 rings (SSSR count). The predicted molar refractivity (Wildman–Crippen MR) is 108 cm³/mol. The van der Waals surface area contributed by atoms with Gasteiger partial charge in [-0.25, -0.2) is 13.6 Å². The van der Waals surface area contributed by atoms with Crippen molar-refractivity contribution in [1.29, 1.82) is 0 Å². The maximum atomic E-state index is 14.8. The summed E-state index contributed by atoms with van der Waals surface area (Å²) in [5.41, 5.74) is 0.481. The summed E-state index contributed by atoms with van der Waals surface area (Å²) >= 11 is 0. The predicted octanol–water partition coefficient (Wildman–Crippen LogP) is 3.25. The molecule has 0 aliphatic carbocycles. The SMILES string of the molecule is CNC[C@@H](O)[C@H](c1cccc(F)c1)n1c(=O)n(C(C)C)c2cccc(F)c21.Cl. The first-order valence-electron chi connectivity index (χ1n) is 8.86. The number of halogens is 3. The lowest BCUT2D eigenvalue weighted by atomic mass is 10.0. The summed E-state index contributed by atoms with van der Waals surface area (Å²) in [6.45, 7) is 3.81. The molecule has 5 nitrogen and oxygen atoms in total. The number of aliphatic hydroxyl groups is 1. The van der Waals surface area contributed by atoms with Gasteiger partial charge in [0.2, 0.25) is 0 Å². The molecule has 1 aromatic heterocycles. The minimum Gasteiger partial charge on any atom is -0.389 e. The number of para-hydroxylation sites is 1. The molecule has 0 amide bonds. The third kappa shape index (κ3) is 3.83. The zero-order chi connectivity index (χ0) is 19.7. The van der Waals surface area contributed by atoms with Crippen molar-refractivity contribution in [3.05, 3.63) is 70.1 Å². The maximum Gasteiger partial charge on any atom is 0.330 e. The Morgan fingerprint density at radius 1 is 1.11 bits per heavy atom. The lowest BCUT2D eigenvalue weighted by Gasteiger charge is -2.25. The molecule has 0 fully saturated rings. The molecule has 2 atom stereocenters. The highest BCUT2D eigenvalue weighted by Gasteiger charge is 2.30. The van der Waals surface area contributed by atoms with Gasteiger partial charge in [0.25, 0.3) is 0 Å². The van der Waals surface area contributed by atoms with Gasteiger partial charge >= 0.3 is 5.69 Å². The van der Waals surface area contributed by atoms with Gasteiger partial charge in [-0.3, -0.25) is 9.13 Å². The largest absolute Gasteiger partial charge is 0.389 e. The smallest absolute Gasteiger partial charge is 0.330 e. The third-order valence-electron chi connectivity index (χ3n) is 4.64. The number of imidazole rings is 1. The van der Waals surface area contributed by atoms with Gasteiger partial charge in [0.05, 0.1) is 17.7 Å². The van der Waals surface area contributed by atoms with E-state index >= 15 is 0 Å². The van der Waals surface area contributed by atoms with E-state index < -0.39 is 29.5 Å². The molecule has 0 aliphatic heterocycles. The zero-order valence-corrected chi connectivity index (χ0v) is 16.7. The Morgan fingerprint density at radius 2 is 1.79 bits per heavy atom. The lowest BCUT2D eigenvalue weighted by Crippen LogP contribution is -2.39. The highest BCUT2D eigenvalue weighted by atomic mass is 35.5. The topological polar surface area (TPSA) is 59.2 Å². The summed E-state index contributed by atoms with van der Waals surface area (Å²) in [6.07, 6.45) is -1.07. The van der Waals surface area contributed by atoms with Crippen LogP contribution in [0, 0.1) is 11.6 Å². The number of hydrogen-bond donors (Lipinski definition) is 2. The molecular formula is C20H24ClF2N3O2. The first-order valence-corrected chi connectivity index (χ1v) is 8.86. The lowest BCUT2D eigenvalue weighted by molar-refractivity contribution is 0.130. The van der Waals surface area contributed by atoms with Crippen LogP contribution in [0.15, 0.2) is 47.3 Å². The van der Waals surface area contributed by atoms with E-state index in [1.807, 2.05) is 13.8 Å². The van der Waals surface area contributed by atoms with Crippen LogP contribution in [-0.4, -0.2) is 33.9 Å². The Bertz CT molecular complexity index is 1020. The van der Waals surface area contributed by atoms with Crippen molar-refractivity contribution in [2.45, 2.75) is 32.0 Å². The van der Waals surface area contributed by atoms with Crippen LogP contribution in [0.25, 0.3) is 11.0 Å². The minimum atomic E-state index is -1.07. The molecule has 0 saturated heterocycles. The fourth-order valence-electron chi connectivity index (χ4n) is 3.56. The monoisotopic (exact) mass is 411 g/mol. The van der Waals surface area contributed by atoms with Gasteiger partial charge in [0, 0.05) is 12.6 Å². The van der Waals surface area contributed by atoms with Gasteiger partial charge in [0.1, 0.15) is 17.2 Å². The molecule has 28 heavy (non-hydrogen) atoms. The molecule has 0 unspecified atom stereocenters. The first-order chi connectivity index (χ1) is 12.9. The molecule has 0 bridgehead atoms. The second-order valence-electron chi connectivity index (χ2n) is 6.85. The quantitative estimate of drug-likeness (QED) is 0.654. The molecule has 0 spiro atoms. The molecule has 152 valence electrons. The van der Waals surface area contributed by atoms with Crippen molar-refractivity contribution in [3.63, 3.8) is 0 Å². The highest BCUT2D eigenvalue weighted by molar-refractivity contribution is 5.85. The number of aliphatic hydroxyl groups excluding tert-OH is 1. The van der Waals surface area contributed by atoms with Gasteiger partial charge in [-0.05, 0) is 50.7 Å². The molecule has 2 N–H and O–H groups in total. The summed E-state index contributed by atoms with van der Waals surface area (Å²) in [5.74, 6) is -1.06. The number of rotatable bonds is 6. The standard InChI is InChI=1S/C20H23F2N3O2.ClH/c1-12(2)24-16-9-5-8-15(22)19(16)25(20(24)27)18(17(26)11-23-3)13-6-4-7-14(21)10-13;/h4-10,12,17-18,23,26H,11H2,1-3H3;1H/t17-,18+;/m1./s1. The average Bonchev–Trinajstić information content (AvgIpc) is 2.89. The molecule has 0 saturated carbocycles. The van der Waals surface area contributed by atoms with E-state index in [4.69, 9.17) is 0 Å². The van der Waals surface area contributed by atoms with Gasteiger partial charge in [-0.1, -0.05) is 18.2 Å². The molecule has 1 heterocycles. The van der Waals surface area contributed by atoms with E-state index in [1.165, 1.54) is 33.4 Å². The third-order valence-corrected chi connectivity index (χ3v) is 4.64. The fourth-order valence-corrected chi connectivity index (χ4v) is 3.56. The first kappa shape index (κ1) is 22.1. The Labute approximate surface area is 168 Å². The van der Waals surface area contributed by atoms with Crippen molar-refractivity contribution in [1.82, 2.24) is 14.5 Å².